The first kappa shape index (κ1) is 16.2. The van der Waals surface area contributed by atoms with Crippen LogP contribution in [0.4, 0.5) is 11.5 Å². The number of nitrogens with zero attached hydrogens (tertiary/aromatic N) is 2. The number of nitrogen functional groups attached to an aromatic ring is 1. The third-order valence-corrected chi connectivity index (χ3v) is 4.74. The lowest BCUT2D eigenvalue weighted by Crippen LogP contribution is -2.08. The van der Waals surface area contributed by atoms with E-state index in [1.54, 1.807) is 12.1 Å². The Bertz CT molecular complexity index is 1020. The standard InChI is InChI=1S/C17H18N4O2S/c1-11-8-13-6-5-12(9-15(13)21-16(11)18)10-20-14-4-3-7-19-17(14)24(2,22)23/h3-9,20H,10H2,1-2H3,(H2,18,21). The van der Waals surface area contributed by atoms with Gasteiger partial charge in [-0.25, -0.2) is 18.4 Å². The second-order valence-electron chi connectivity index (χ2n) is 5.70. The summed E-state index contributed by atoms with van der Waals surface area (Å²) in [6.07, 6.45) is 2.61. The third-order valence-electron chi connectivity index (χ3n) is 3.72. The summed E-state index contributed by atoms with van der Waals surface area (Å²) in [6.45, 7) is 2.38. The summed E-state index contributed by atoms with van der Waals surface area (Å²) < 4.78 is 23.6. The largest absolute Gasteiger partial charge is 0.383 e. The zero-order chi connectivity index (χ0) is 17.3. The molecule has 0 bridgehead atoms. The fourth-order valence-corrected chi connectivity index (χ4v) is 3.25. The molecule has 0 radical (unpaired) electrons. The topological polar surface area (TPSA) is 98.0 Å². The van der Waals surface area contributed by atoms with Crippen molar-refractivity contribution < 1.29 is 8.42 Å². The molecule has 2 heterocycles. The lowest BCUT2D eigenvalue weighted by molar-refractivity contribution is 0.598. The number of aromatic nitrogens is 2. The van der Waals surface area contributed by atoms with Gasteiger partial charge in [0.05, 0.1) is 11.2 Å². The molecule has 0 atom stereocenters. The average molecular weight is 342 g/mol. The highest BCUT2D eigenvalue weighted by molar-refractivity contribution is 7.90. The van der Waals surface area contributed by atoms with E-state index in [1.807, 2.05) is 31.2 Å². The van der Waals surface area contributed by atoms with Crippen molar-refractivity contribution in [3.8, 4) is 0 Å². The predicted molar refractivity (Wildman–Crippen MR) is 95.6 cm³/mol. The van der Waals surface area contributed by atoms with Crippen molar-refractivity contribution in [2.45, 2.75) is 18.5 Å². The van der Waals surface area contributed by atoms with Crippen molar-refractivity contribution in [2.24, 2.45) is 0 Å². The van der Waals surface area contributed by atoms with Crippen LogP contribution in [0.3, 0.4) is 0 Å². The van der Waals surface area contributed by atoms with Crippen LogP contribution in [0.25, 0.3) is 10.9 Å². The monoisotopic (exact) mass is 342 g/mol. The van der Waals surface area contributed by atoms with E-state index in [1.165, 1.54) is 6.20 Å². The van der Waals surface area contributed by atoms with Crippen LogP contribution in [0, 0.1) is 6.92 Å². The zero-order valence-electron chi connectivity index (χ0n) is 13.4. The highest BCUT2D eigenvalue weighted by Crippen LogP contribution is 2.21. The molecular formula is C17H18N4O2S. The zero-order valence-corrected chi connectivity index (χ0v) is 14.3. The van der Waals surface area contributed by atoms with Crippen molar-refractivity contribution in [3.63, 3.8) is 0 Å². The second-order valence-corrected chi connectivity index (χ2v) is 7.63. The molecular weight excluding hydrogens is 324 g/mol. The number of pyridine rings is 2. The van der Waals surface area contributed by atoms with Gasteiger partial charge in [-0.1, -0.05) is 12.1 Å². The van der Waals surface area contributed by atoms with Crippen LogP contribution in [0.5, 0.6) is 0 Å². The van der Waals surface area contributed by atoms with Crippen LogP contribution < -0.4 is 11.1 Å². The molecule has 3 N–H and O–H groups in total. The molecule has 0 saturated heterocycles. The van der Waals surface area contributed by atoms with Gasteiger partial charge in [0.25, 0.3) is 0 Å². The summed E-state index contributed by atoms with van der Waals surface area (Å²) in [4.78, 5) is 8.34. The summed E-state index contributed by atoms with van der Waals surface area (Å²) in [5.74, 6) is 0.513. The van der Waals surface area contributed by atoms with Crippen molar-refractivity contribution in [1.29, 1.82) is 0 Å². The molecule has 0 unspecified atom stereocenters. The number of rotatable bonds is 4. The first-order valence-corrected chi connectivity index (χ1v) is 9.28. The number of nitrogens with two attached hydrogens (primary N) is 1. The molecule has 124 valence electrons. The van der Waals surface area contributed by atoms with Crippen molar-refractivity contribution in [2.75, 3.05) is 17.3 Å². The summed E-state index contributed by atoms with van der Waals surface area (Å²) in [5, 5.41) is 4.19. The number of hydrogen-bond donors (Lipinski definition) is 2. The van der Waals surface area contributed by atoms with Crippen LogP contribution in [-0.4, -0.2) is 24.6 Å². The summed E-state index contributed by atoms with van der Waals surface area (Å²) >= 11 is 0. The Kier molecular flexibility index (Phi) is 4.11. The first-order valence-electron chi connectivity index (χ1n) is 7.39. The number of aryl methyl sites for hydroxylation is 1. The third kappa shape index (κ3) is 3.30. The maximum absolute atomic E-state index is 11.8. The minimum Gasteiger partial charge on any atom is -0.383 e. The maximum atomic E-state index is 11.8. The summed E-state index contributed by atoms with van der Waals surface area (Å²) in [5.41, 5.74) is 9.08. The molecule has 0 saturated carbocycles. The molecule has 0 aliphatic carbocycles. The van der Waals surface area contributed by atoms with E-state index >= 15 is 0 Å². The van der Waals surface area contributed by atoms with Gasteiger partial charge < -0.3 is 11.1 Å². The van der Waals surface area contributed by atoms with E-state index in [9.17, 15) is 8.42 Å². The second kappa shape index (κ2) is 6.09. The number of fused-ring (bicyclic) bond motifs is 1. The van der Waals surface area contributed by atoms with E-state index in [2.05, 4.69) is 15.3 Å². The van der Waals surface area contributed by atoms with Crippen LogP contribution in [0.15, 0.2) is 47.6 Å². The van der Waals surface area contributed by atoms with E-state index in [-0.39, 0.29) is 5.03 Å². The minimum atomic E-state index is -3.39. The smallest absolute Gasteiger partial charge is 0.194 e. The molecule has 0 amide bonds. The van der Waals surface area contributed by atoms with E-state index in [0.29, 0.717) is 18.1 Å². The van der Waals surface area contributed by atoms with Crippen molar-refractivity contribution in [1.82, 2.24) is 9.97 Å². The van der Waals surface area contributed by atoms with Crippen molar-refractivity contribution in [3.05, 3.63) is 53.7 Å². The van der Waals surface area contributed by atoms with Gasteiger partial charge in [-0.2, -0.15) is 0 Å². The number of sulfone groups is 1. The molecule has 0 aliphatic rings. The minimum absolute atomic E-state index is 0.0452. The van der Waals surface area contributed by atoms with E-state index in [0.717, 1.165) is 28.3 Å². The van der Waals surface area contributed by atoms with Crippen LogP contribution in [-0.2, 0) is 16.4 Å². The number of anilines is 2. The molecule has 0 aliphatic heterocycles. The fraction of sp³-hybridized carbons (Fsp3) is 0.176. The van der Waals surface area contributed by atoms with Crippen LogP contribution in [0.2, 0.25) is 0 Å². The van der Waals surface area contributed by atoms with E-state index < -0.39 is 9.84 Å². The fourth-order valence-electron chi connectivity index (χ4n) is 2.46. The average Bonchev–Trinajstić information content (AvgIpc) is 2.53. The Morgan fingerprint density at radius 1 is 1.21 bits per heavy atom. The van der Waals surface area contributed by atoms with Gasteiger partial charge in [0, 0.05) is 24.4 Å². The van der Waals surface area contributed by atoms with E-state index in [4.69, 9.17) is 5.73 Å². The van der Waals surface area contributed by atoms with Gasteiger partial charge in [-0.05, 0) is 42.3 Å². The lowest BCUT2D eigenvalue weighted by Gasteiger charge is -2.11. The highest BCUT2D eigenvalue weighted by atomic mass is 32.2. The highest BCUT2D eigenvalue weighted by Gasteiger charge is 2.14. The quantitative estimate of drug-likeness (QED) is 0.756. The van der Waals surface area contributed by atoms with Gasteiger partial charge in [0.15, 0.2) is 14.9 Å². The SMILES string of the molecule is Cc1cc2ccc(CNc3cccnc3S(C)(=O)=O)cc2nc1N. The maximum Gasteiger partial charge on any atom is 0.194 e. The predicted octanol–water partition coefficient (Wildman–Crippen LogP) is 2.54. The molecule has 0 spiro atoms. The molecule has 24 heavy (non-hydrogen) atoms. The molecule has 1 aromatic carbocycles. The first-order chi connectivity index (χ1) is 11.3. The molecule has 7 heteroatoms. The summed E-state index contributed by atoms with van der Waals surface area (Å²) in [6, 6.07) is 11.3. The molecule has 3 aromatic rings. The van der Waals surface area contributed by atoms with Gasteiger partial charge in [-0.3, -0.25) is 0 Å². The van der Waals surface area contributed by atoms with Gasteiger partial charge in [0.2, 0.25) is 0 Å². The normalized spacial score (nSPS) is 11.6. The van der Waals surface area contributed by atoms with Crippen molar-refractivity contribution >= 4 is 32.2 Å². The lowest BCUT2D eigenvalue weighted by atomic mass is 10.1. The Labute approximate surface area is 140 Å². The number of nitrogens with one attached hydrogen (secondary N) is 1. The molecule has 3 rings (SSSR count). The Balaban J connectivity index is 1.88. The van der Waals surface area contributed by atoms with Crippen LogP contribution >= 0.6 is 0 Å². The molecule has 0 fully saturated rings. The Morgan fingerprint density at radius 3 is 2.75 bits per heavy atom. The molecule has 2 aromatic heterocycles. The number of benzene rings is 1. The number of hydrogen-bond acceptors (Lipinski definition) is 6. The Hall–Kier alpha value is -2.67. The van der Waals surface area contributed by atoms with Gasteiger partial charge in [0.1, 0.15) is 5.82 Å². The summed E-state index contributed by atoms with van der Waals surface area (Å²) in [7, 11) is -3.39. The van der Waals surface area contributed by atoms with Crippen LogP contribution in [0.1, 0.15) is 11.1 Å². The Morgan fingerprint density at radius 2 is 2.00 bits per heavy atom. The molecule has 6 nitrogen and oxygen atoms in total. The van der Waals surface area contributed by atoms with Gasteiger partial charge >= 0.3 is 0 Å². The van der Waals surface area contributed by atoms with Gasteiger partial charge in [-0.15, -0.1) is 0 Å².